The van der Waals surface area contributed by atoms with Gasteiger partial charge in [-0.15, -0.1) is 0 Å². The summed E-state index contributed by atoms with van der Waals surface area (Å²) in [5, 5.41) is 0.235. The molecule has 0 bridgehead atoms. The molecule has 0 heterocycles. The lowest BCUT2D eigenvalue weighted by atomic mass is 9.77. The maximum atomic E-state index is 13.7. The lowest BCUT2D eigenvalue weighted by Crippen LogP contribution is -2.14. The van der Waals surface area contributed by atoms with E-state index in [-0.39, 0.29) is 10.8 Å². The lowest BCUT2D eigenvalue weighted by molar-refractivity contribution is 0.288. The Morgan fingerprint density at radius 2 is 1.62 bits per heavy atom. The summed E-state index contributed by atoms with van der Waals surface area (Å²) >= 11 is 5.82. The van der Waals surface area contributed by atoms with Crippen molar-refractivity contribution in [2.45, 2.75) is 103 Å². The first-order valence-corrected chi connectivity index (χ1v) is 12.6. The van der Waals surface area contributed by atoms with Crippen LogP contribution < -0.4 is 0 Å². The highest BCUT2D eigenvalue weighted by molar-refractivity contribution is 6.30. The molecule has 2 saturated carbocycles. The van der Waals surface area contributed by atoms with Crippen molar-refractivity contribution in [3.8, 4) is 0 Å². The smallest absolute Gasteiger partial charge is 0.142 e. The SMILES string of the molecule is CCCCCC1CCC(/C=C/CCC2CCC(c3ccc(Cl)c(F)c3)CC2)CC1. The maximum Gasteiger partial charge on any atom is 0.142 e. The first-order chi connectivity index (χ1) is 14.2. The fourth-order valence-electron chi connectivity index (χ4n) is 5.52. The van der Waals surface area contributed by atoms with E-state index in [1.165, 1.54) is 89.9 Å². The van der Waals surface area contributed by atoms with E-state index < -0.39 is 0 Å². The van der Waals surface area contributed by atoms with Crippen molar-refractivity contribution < 1.29 is 4.39 Å². The molecule has 0 radical (unpaired) electrons. The number of rotatable bonds is 9. The molecule has 3 rings (SSSR count). The summed E-state index contributed by atoms with van der Waals surface area (Å²) in [6, 6.07) is 5.37. The van der Waals surface area contributed by atoms with Gasteiger partial charge in [0, 0.05) is 0 Å². The third-order valence-corrected chi connectivity index (χ3v) is 7.83. The van der Waals surface area contributed by atoms with Crippen LogP contribution in [0.25, 0.3) is 0 Å². The zero-order valence-electron chi connectivity index (χ0n) is 18.4. The van der Waals surface area contributed by atoms with Gasteiger partial charge in [-0.2, -0.15) is 0 Å². The molecule has 2 fully saturated rings. The van der Waals surface area contributed by atoms with Gasteiger partial charge in [-0.3, -0.25) is 0 Å². The van der Waals surface area contributed by atoms with E-state index in [0.717, 1.165) is 23.3 Å². The zero-order valence-corrected chi connectivity index (χ0v) is 19.1. The number of benzene rings is 1. The summed E-state index contributed by atoms with van der Waals surface area (Å²) in [6.07, 6.45) is 23.9. The van der Waals surface area contributed by atoms with Gasteiger partial charge in [0.05, 0.1) is 5.02 Å². The second-order valence-corrected chi connectivity index (χ2v) is 10.1. The summed E-state index contributed by atoms with van der Waals surface area (Å²) in [7, 11) is 0. The molecule has 1 aromatic carbocycles. The van der Waals surface area contributed by atoms with Crippen LogP contribution in [-0.2, 0) is 0 Å². The molecule has 2 heteroatoms. The minimum absolute atomic E-state index is 0.235. The Bertz CT molecular complexity index is 621. The highest BCUT2D eigenvalue weighted by Crippen LogP contribution is 2.38. The molecule has 0 spiro atoms. The molecular formula is C27H40ClF. The van der Waals surface area contributed by atoms with Crippen molar-refractivity contribution in [3.63, 3.8) is 0 Å². The summed E-state index contributed by atoms with van der Waals surface area (Å²) in [5.74, 6) is 2.94. The molecule has 0 nitrogen and oxygen atoms in total. The van der Waals surface area contributed by atoms with Crippen LogP contribution in [0.5, 0.6) is 0 Å². The molecule has 2 aliphatic carbocycles. The van der Waals surface area contributed by atoms with E-state index in [4.69, 9.17) is 11.6 Å². The van der Waals surface area contributed by atoms with Crippen LogP contribution in [-0.4, -0.2) is 0 Å². The first kappa shape index (κ1) is 22.9. The number of unbranched alkanes of at least 4 members (excludes halogenated alkanes) is 2. The Labute approximate surface area is 183 Å². The fourth-order valence-corrected chi connectivity index (χ4v) is 5.64. The van der Waals surface area contributed by atoms with E-state index >= 15 is 0 Å². The monoisotopic (exact) mass is 418 g/mol. The van der Waals surface area contributed by atoms with Crippen LogP contribution in [0.15, 0.2) is 30.4 Å². The average molecular weight is 419 g/mol. The van der Waals surface area contributed by atoms with Gasteiger partial charge in [-0.05, 0) is 106 Å². The van der Waals surface area contributed by atoms with Crippen LogP contribution >= 0.6 is 11.6 Å². The second kappa shape index (κ2) is 12.1. The van der Waals surface area contributed by atoms with E-state index in [1.807, 2.05) is 6.07 Å². The Morgan fingerprint density at radius 3 is 2.31 bits per heavy atom. The van der Waals surface area contributed by atoms with Gasteiger partial charge in [0.1, 0.15) is 5.82 Å². The minimum atomic E-state index is -0.272. The molecule has 1 aromatic rings. The molecule has 0 saturated heterocycles. The Balaban J connectivity index is 1.29. The summed E-state index contributed by atoms with van der Waals surface area (Å²) < 4.78 is 13.7. The Morgan fingerprint density at radius 1 is 0.931 bits per heavy atom. The van der Waals surface area contributed by atoms with Crippen molar-refractivity contribution in [1.29, 1.82) is 0 Å². The summed E-state index contributed by atoms with van der Waals surface area (Å²) in [6.45, 7) is 2.30. The topological polar surface area (TPSA) is 0 Å². The van der Waals surface area contributed by atoms with Gasteiger partial charge in [-0.25, -0.2) is 4.39 Å². The van der Waals surface area contributed by atoms with Crippen LogP contribution in [0.4, 0.5) is 4.39 Å². The molecule has 0 unspecified atom stereocenters. The molecular weight excluding hydrogens is 379 g/mol. The molecule has 0 aromatic heterocycles. The predicted octanol–water partition coefficient (Wildman–Crippen LogP) is 9.48. The first-order valence-electron chi connectivity index (χ1n) is 12.3. The van der Waals surface area contributed by atoms with E-state index in [2.05, 4.69) is 19.1 Å². The number of hydrogen-bond donors (Lipinski definition) is 0. The quantitative estimate of drug-likeness (QED) is 0.276. The number of allylic oxidation sites excluding steroid dienone is 2. The minimum Gasteiger partial charge on any atom is -0.205 e. The van der Waals surface area contributed by atoms with Crippen LogP contribution in [0, 0.1) is 23.6 Å². The third-order valence-electron chi connectivity index (χ3n) is 7.52. The molecule has 0 N–H and O–H groups in total. The summed E-state index contributed by atoms with van der Waals surface area (Å²) in [4.78, 5) is 0. The standard InChI is InChI=1S/C27H40ClF/c1-2-3-4-7-21-10-12-22(13-11-21)8-5-6-9-23-14-16-24(17-15-23)25-18-19-26(28)27(29)20-25/h5,8,18-24H,2-4,6-7,9-17H2,1H3/b8-5+. The van der Waals surface area contributed by atoms with E-state index in [0.29, 0.717) is 5.92 Å². The van der Waals surface area contributed by atoms with Crippen LogP contribution in [0.2, 0.25) is 5.02 Å². The highest BCUT2D eigenvalue weighted by atomic mass is 35.5. The molecule has 29 heavy (non-hydrogen) atoms. The molecule has 0 atom stereocenters. The van der Waals surface area contributed by atoms with Gasteiger partial charge in [0.15, 0.2) is 0 Å². The van der Waals surface area contributed by atoms with Gasteiger partial charge < -0.3 is 0 Å². The van der Waals surface area contributed by atoms with E-state index in [1.54, 1.807) is 12.1 Å². The van der Waals surface area contributed by atoms with Crippen molar-refractivity contribution in [2.24, 2.45) is 17.8 Å². The fraction of sp³-hybridized carbons (Fsp3) is 0.704. The van der Waals surface area contributed by atoms with E-state index in [9.17, 15) is 4.39 Å². The second-order valence-electron chi connectivity index (χ2n) is 9.67. The van der Waals surface area contributed by atoms with Crippen LogP contribution in [0.1, 0.15) is 108 Å². The van der Waals surface area contributed by atoms with Gasteiger partial charge >= 0.3 is 0 Å². The molecule has 0 aliphatic heterocycles. The molecule has 0 amide bonds. The molecule has 2 aliphatic rings. The molecule has 162 valence electrons. The Kier molecular flexibility index (Phi) is 9.56. The van der Waals surface area contributed by atoms with Gasteiger partial charge in [-0.1, -0.05) is 62.4 Å². The van der Waals surface area contributed by atoms with Crippen molar-refractivity contribution >= 4 is 11.6 Å². The van der Waals surface area contributed by atoms with Crippen molar-refractivity contribution in [1.82, 2.24) is 0 Å². The van der Waals surface area contributed by atoms with Crippen molar-refractivity contribution in [3.05, 3.63) is 46.8 Å². The average Bonchev–Trinajstić information content (AvgIpc) is 2.75. The predicted molar refractivity (Wildman–Crippen MR) is 124 cm³/mol. The summed E-state index contributed by atoms with van der Waals surface area (Å²) in [5.41, 5.74) is 1.13. The normalized spacial score (nSPS) is 28.1. The zero-order chi connectivity index (χ0) is 20.5. The van der Waals surface area contributed by atoms with Gasteiger partial charge in [0.25, 0.3) is 0 Å². The largest absolute Gasteiger partial charge is 0.205 e. The van der Waals surface area contributed by atoms with Crippen molar-refractivity contribution in [2.75, 3.05) is 0 Å². The number of hydrogen-bond acceptors (Lipinski definition) is 0. The highest BCUT2D eigenvalue weighted by Gasteiger charge is 2.23. The lowest BCUT2D eigenvalue weighted by Gasteiger charge is -2.29. The Hall–Kier alpha value is -0.820. The van der Waals surface area contributed by atoms with Crippen LogP contribution in [0.3, 0.4) is 0 Å². The van der Waals surface area contributed by atoms with Gasteiger partial charge in [0.2, 0.25) is 0 Å². The number of halogens is 2. The maximum absolute atomic E-state index is 13.7. The third kappa shape index (κ3) is 7.42.